The molecule has 0 saturated carbocycles. The lowest BCUT2D eigenvalue weighted by Gasteiger charge is -2.23. The zero-order chi connectivity index (χ0) is 24.3. The second-order valence-corrected chi connectivity index (χ2v) is 9.31. The Hall–Kier alpha value is -5.02. The van der Waals surface area contributed by atoms with Crippen LogP contribution in [0, 0.1) is 0 Å². The Bertz CT molecular complexity index is 1980. The normalized spacial score (nSPS) is 12.2. The summed E-state index contributed by atoms with van der Waals surface area (Å²) in [7, 11) is 0. The van der Waals surface area contributed by atoms with Crippen LogP contribution in [0.5, 0.6) is 23.0 Å². The predicted octanol–water partition coefficient (Wildman–Crippen LogP) is 9.97. The Labute approximate surface area is 213 Å². The molecule has 1 aromatic heterocycles. The van der Waals surface area contributed by atoms with Crippen molar-refractivity contribution in [3.05, 3.63) is 121 Å². The monoisotopic (exact) mass is 476 g/mol. The molecular formula is C34H20O3. The van der Waals surface area contributed by atoms with Crippen LogP contribution in [-0.2, 0) is 0 Å². The fourth-order valence-electron chi connectivity index (χ4n) is 5.39. The van der Waals surface area contributed by atoms with Gasteiger partial charge in [-0.2, -0.15) is 0 Å². The highest BCUT2D eigenvalue weighted by Gasteiger charge is 2.23. The van der Waals surface area contributed by atoms with Gasteiger partial charge < -0.3 is 13.9 Å². The lowest BCUT2D eigenvalue weighted by Crippen LogP contribution is -2.00. The number of para-hydroxylation sites is 4. The minimum absolute atomic E-state index is 0.725. The van der Waals surface area contributed by atoms with Gasteiger partial charge in [-0.15, -0.1) is 0 Å². The quantitative estimate of drug-likeness (QED) is 0.249. The summed E-state index contributed by atoms with van der Waals surface area (Å²) in [5.41, 5.74) is 6.24. The fraction of sp³-hybridized carbons (Fsp3) is 0. The SMILES string of the molecule is c1ccc2c(c1)Oc1cc(-c3ccc(-c4cccc5c4oc4ccccc45)cc3)c3ccccc3c1O2. The van der Waals surface area contributed by atoms with Gasteiger partial charge in [0.05, 0.1) is 0 Å². The van der Waals surface area contributed by atoms with Crippen molar-refractivity contribution in [2.75, 3.05) is 0 Å². The van der Waals surface area contributed by atoms with Gasteiger partial charge in [-0.05, 0) is 46.3 Å². The minimum Gasteiger partial charge on any atom is -0.455 e. The third kappa shape index (κ3) is 3.08. The van der Waals surface area contributed by atoms with Crippen molar-refractivity contribution in [2.24, 2.45) is 0 Å². The van der Waals surface area contributed by atoms with Crippen LogP contribution in [0.2, 0.25) is 0 Å². The summed E-state index contributed by atoms with van der Waals surface area (Å²) in [6.45, 7) is 0. The molecule has 0 N–H and O–H groups in total. The summed E-state index contributed by atoms with van der Waals surface area (Å²) in [6.07, 6.45) is 0. The van der Waals surface area contributed by atoms with Crippen LogP contribution in [0.15, 0.2) is 126 Å². The van der Waals surface area contributed by atoms with E-state index in [1.54, 1.807) is 0 Å². The first-order valence-corrected chi connectivity index (χ1v) is 12.3. The number of rotatable bonds is 2. The molecule has 7 aromatic rings. The van der Waals surface area contributed by atoms with Gasteiger partial charge in [-0.3, -0.25) is 0 Å². The van der Waals surface area contributed by atoms with Gasteiger partial charge in [0.2, 0.25) is 0 Å². The first kappa shape index (κ1) is 20.2. The highest BCUT2D eigenvalue weighted by atomic mass is 16.6. The molecule has 0 fully saturated rings. The Morgan fingerprint density at radius 3 is 1.84 bits per heavy atom. The van der Waals surface area contributed by atoms with Crippen molar-refractivity contribution in [1.29, 1.82) is 0 Å². The van der Waals surface area contributed by atoms with Crippen molar-refractivity contribution in [2.45, 2.75) is 0 Å². The largest absolute Gasteiger partial charge is 0.455 e. The molecule has 0 saturated heterocycles. The number of furan rings is 1. The molecule has 3 heteroatoms. The van der Waals surface area contributed by atoms with Gasteiger partial charge in [0.1, 0.15) is 11.2 Å². The third-order valence-corrected chi connectivity index (χ3v) is 7.15. The smallest absolute Gasteiger partial charge is 0.177 e. The van der Waals surface area contributed by atoms with Crippen molar-refractivity contribution in [3.63, 3.8) is 0 Å². The first-order valence-electron chi connectivity index (χ1n) is 12.3. The lowest BCUT2D eigenvalue weighted by atomic mass is 9.94. The van der Waals surface area contributed by atoms with E-state index in [1.807, 2.05) is 42.5 Å². The van der Waals surface area contributed by atoms with E-state index in [2.05, 4.69) is 78.9 Å². The van der Waals surface area contributed by atoms with Crippen LogP contribution in [0.3, 0.4) is 0 Å². The van der Waals surface area contributed by atoms with E-state index >= 15 is 0 Å². The lowest BCUT2D eigenvalue weighted by molar-refractivity contribution is 0.363. The molecule has 0 spiro atoms. The molecule has 0 radical (unpaired) electrons. The number of fused-ring (bicyclic) bond motifs is 7. The second-order valence-electron chi connectivity index (χ2n) is 9.31. The Balaban J connectivity index is 1.26. The van der Waals surface area contributed by atoms with E-state index in [1.165, 1.54) is 0 Å². The van der Waals surface area contributed by atoms with E-state index < -0.39 is 0 Å². The van der Waals surface area contributed by atoms with Gasteiger partial charge in [-0.1, -0.05) is 97.1 Å². The average molecular weight is 477 g/mol. The molecule has 1 aliphatic heterocycles. The van der Waals surface area contributed by atoms with Gasteiger partial charge in [0, 0.05) is 21.7 Å². The van der Waals surface area contributed by atoms with Crippen LogP contribution in [0.1, 0.15) is 0 Å². The average Bonchev–Trinajstić information content (AvgIpc) is 3.35. The topological polar surface area (TPSA) is 31.6 Å². The van der Waals surface area contributed by atoms with Crippen LogP contribution >= 0.6 is 0 Å². The molecule has 1 aliphatic rings. The molecule has 37 heavy (non-hydrogen) atoms. The summed E-state index contributed by atoms with van der Waals surface area (Å²) < 4.78 is 18.8. The Morgan fingerprint density at radius 1 is 0.405 bits per heavy atom. The highest BCUT2D eigenvalue weighted by molar-refractivity contribution is 6.09. The fourth-order valence-corrected chi connectivity index (χ4v) is 5.39. The highest BCUT2D eigenvalue weighted by Crippen LogP contribution is 2.51. The summed E-state index contributed by atoms with van der Waals surface area (Å²) >= 11 is 0. The molecule has 2 heterocycles. The second kappa shape index (κ2) is 7.74. The van der Waals surface area contributed by atoms with Gasteiger partial charge in [-0.25, -0.2) is 0 Å². The predicted molar refractivity (Wildman–Crippen MR) is 149 cm³/mol. The third-order valence-electron chi connectivity index (χ3n) is 7.15. The number of ether oxygens (including phenoxy) is 2. The maximum atomic E-state index is 6.29. The van der Waals surface area contributed by atoms with Gasteiger partial charge in [0.15, 0.2) is 23.0 Å². The van der Waals surface area contributed by atoms with Crippen molar-refractivity contribution in [1.82, 2.24) is 0 Å². The number of hydrogen-bond donors (Lipinski definition) is 0. The maximum Gasteiger partial charge on any atom is 0.177 e. The molecule has 174 valence electrons. The van der Waals surface area contributed by atoms with E-state index in [9.17, 15) is 0 Å². The van der Waals surface area contributed by atoms with E-state index in [0.717, 1.165) is 78.0 Å². The van der Waals surface area contributed by atoms with Crippen molar-refractivity contribution in [3.8, 4) is 45.3 Å². The molecule has 0 aliphatic carbocycles. The van der Waals surface area contributed by atoms with Crippen LogP contribution in [-0.4, -0.2) is 0 Å². The standard InChI is InChI=1S/C34H20O3/c1-2-10-26-24(8-1)28(20-32-34(26)37-31-15-6-5-14-30(31)35-32)22-18-16-21(17-19-22)23-11-7-12-27-25-9-3-4-13-29(25)36-33(23)27/h1-20H. The molecule has 6 aromatic carbocycles. The molecular weight excluding hydrogens is 456 g/mol. The van der Waals surface area contributed by atoms with Crippen molar-refractivity contribution < 1.29 is 13.9 Å². The molecule has 0 atom stereocenters. The van der Waals surface area contributed by atoms with E-state index in [-0.39, 0.29) is 0 Å². The van der Waals surface area contributed by atoms with E-state index in [0.29, 0.717) is 0 Å². The molecule has 8 rings (SSSR count). The van der Waals surface area contributed by atoms with Gasteiger partial charge in [0.25, 0.3) is 0 Å². The molecule has 0 bridgehead atoms. The molecule has 0 unspecified atom stereocenters. The first-order chi connectivity index (χ1) is 18.3. The van der Waals surface area contributed by atoms with Crippen LogP contribution < -0.4 is 9.47 Å². The zero-order valence-corrected chi connectivity index (χ0v) is 19.8. The van der Waals surface area contributed by atoms with Crippen LogP contribution in [0.25, 0.3) is 55.0 Å². The zero-order valence-electron chi connectivity index (χ0n) is 19.8. The summed E-state index contributed by atoms with van der Waals surface area (Å²) in [5.74, 6) is 2.94. The maximum absolute atomic E-state index is 6.29. The summed E-state index contributed by atoms with van der Waals surface area (Å²) in [5, 5.41) is 4.42. The number of benzene rings is 6. The summed E-state index contributed by atoms with van der Waals surface area (Å²) in [6, 6.07) is 41.4. The molecule has 0 amide bonds. The minimum atomic E-state index is 0.725. The Kier molecular flexibility index (Phi) is 4.23. The van der Waals surface area contributed by atoms with Crippen molar-refractivity contribution >= 4 is 32.7 Å². The molecule has 3 nitrogen and oxygen atoms in total. The Morgan fingerprint density at radius 2 is 1.03 bits per heavy atom. The summed E-state index contributed by atoms with van der Waals surface area (Å²) in [4.78, 5) is 0. The number of hydrogen-bond acceptors (Lipinski definition) is 3. The van der Waals surface area contributed by atoms with E-state index in [4.69, 9.17) is 13.9 Å². The van der Waals surface area contributed by atoms with Crippen LogP contribution in [0.4, 0.5) is 0 Å². The van der Waals surface area contributed by atoms with Gasteiger partial charge >= 0.3 is 0 Å².